The first-order chi connectivity index (χ1) is 6.61. The van der Waals surface area contributed by atoms with Gasteiger partial charge < -0.3 is 0 Å². The molecule has 1 unspecified atom stereocenters. The van der Waals surface area contributed by atoms with Gasteiger partial charge in [0.25, 0.3) is 0 Å². The van der Waals surface area contributed by atoms with E-state index >= 15 is 0 Å². The number of rotatable bonds is 4. The van der Waals surface area contributed by atoms with E-state index in [9.17, 15) is 0 Å². The van der Waals surface area contributed by atoms with Crippen LogP contribution in [-0.4, -0.2) is 0 Å². The molecule has 0 saturated heterocycles. The predicted octanol–water partition coefficient (Wildman–Crippen LogP) is 4.34. The van der Waals surface area contributed by atoms with Crippen LogP contribution in [-0.2, 0) is 0 Å². The summed E-state index contributed by atoms with van der Waals surface area (Å²) in [6.07, 6.45) is 5.15. The largest absolute Gasteiger partial charge is 0.0996 e. The van der Waals surface area contributed by atoms with Crippen molar-refractivity contribution in [2.24, 2.45) is 5.92 Å². The minimum absolute atomic E-state index is 0.582. The molecule has 0 aliphatic heterocycles. The van der Waals surface area contributed by atoms with Crippen LogP contribution in [0.1, 0.15) is 47.0 Å². The lowest BCUT2D eigenvalue weighted by Crippen LogP contribution is -1.99. The van der Waals surface area contributed by atoms with Crippen molar-refractivity contribution in [1.82, 2.24) is 0 Å². The van der Waals surface area contributed by atoms with E-state index in [1.807, 2.05) is 6.08 Å². The normalized spacial score (nSPS) is 11.1. The molecule has 1 atom stereocenters. The summed E-state index contributed by atoms with van der Waals surface area (Å²) in [5.74, 6) is 6.85. The first-order valence-corrected chi connectivity index (χ1v) is 5.41. The Labute approximate surface area is 89.1 Å². The van der Waals surface area contributed by atoms with E-state index in [2.05, 4.69) is 46.1 Å². The van der Waals surface area contributed by atoms with E-state index < -0.39 is 0 Å². The van der Waals surface area contributed by atoms with Crippen molar-refractivity contribution in [3.63, 3.8) is 0 Å². The minimum Gasteiger partial charge on any atom is -0.0996 e. The molecule has 0 heterocycles. The molecule has 14 heavy (non-hydrogen) atoms. The molecule has 0 aromatic carbocycles. The molecule has 0 heteroatoms. The summed E-state index contributed by atoms with van der Waals surface area (Å²) in [6, 6.07) is 0. The molecule has 0 aliphatic carbocycles. The van der Waals surface area contributed by atoms with Crippen LogP contribution in [0.4, 0.5) is 0 Å². The highest BCUT2D eigenvalue weighted by Gasteiger charge is 2.06. The van der Waals surface area contributed by atoms with Crippen LogP contribution in [0.3, 0.4) is 0 Å². The number of hydrogen-bond donors (Lipinski definition) is 0. The maximum Gasteiger partial charge on any atom is 0.0158 e. The van der Waals surface area contributed by atoms with Crippen LogP contribution in [0, 0.1) is 17.8 Å². The summed E-state index contributed by atoms with van der Waals surface area (Å²) < 4.78 is 0. The Morgan fingerprint density at radius 2 is 2.00 bits per heavy atom. The maximum atomic E-state index is 4.08. The van der Waals surface area contributed by atoms with Crippen LogP contribution in [0.5, 0.6) is 0 Å². The van der Waals surface area contributed by atoms with Crippen molar-refractivity contribution < 1.29 is 0 Å². The van der Waals surface area contributed by atoms with E-state index in [0.29, 0.717) is 5.92 Å². The molecule has 0 saturated carbocycles. The van der Waals surface area contributed by atoms with Gasteiger partial charge in [0.15, 0.2) is 0 Å². The van der Waals surface area contributed by atoms with E-state index in [-0.39, 0.29) is 0 Å². The molecule has 0 nitrogen and oxygen atoms in total. The fourth-order valence-corrected chi connectivity index (χ4v) is 1.24. The molecule has 0 bridgehead atoms. The maximum absolute atomic E-state index is 4.08. The van der Waals surface area contributed by atoms with Gasteiger partial charge in [0.05, 0.1) is 0 Å². The molecule has 0 spiro atoms. The van der Waals surface area contributed by atoms with Crippen molar-refractivity contribution in [3.8, 4) is 11.8 Å². The zero-order valence-electron chi connectivity index (χ0n) is 9.98. The van der Waals surface area contributed by atoms with Crippen molar-refractivity contribution in [1.29, 1.82) is 0 Å². The molecule has 0 N–H and O–H groups in total. The van der Waals surface area contributed by atoms with Crippen molar-refractivity contribution in [2.45, 2.75) is 47.0 Å². The Kier molecular flexibility index (Phi) is 6.93. The zero-order chi connectivity index (χ0) is 11.0. The summed E-state index contributed by atoms with van der Waals surface area (Å²) in [4.78, 5) is 0. The lowest BCUT2D eigenvalue weighted by atomic mass is 9.93. The van der Waals surface area contributed by atoms with Gasteiger partial charge in [-0.1, -0.05) is 43.4 Å². The highest BCUT2D eigenvalue weighted by atomic mass is 14.1. The molecule has 0 aliphatic rings. The average Bonchev–Trinajstić information content (AvgIpc) is 2.16. The Balaban J connectivity index is 4.12. The van der Waals surface area contributed by atoms with Gasteiger partial charge in [-0.2, -0.15) is 0 Å². The van der Waals surface area contributed by atoms with Gasteiger partial charge >= 0.3 is 0 Å². The smallest absolute Gasteiger partial charge is 0.0158 e. The molecule has 0 aromatic rings. The van der Waals surface area contributed by atoms with Gasteiger partial charge in [-0.3, -0.25) is 0 Å². The van der Waals surface area contributed by atoms with E-state index in [0.717, 1.165) is 19.3 Å². The summed E-state index contributed by atoms with van der Waals surface area (Å²) in [6.45, 7) is 12.6. The third kappa shape index (κ3) is 5.65. The van der Waals surface area contributed by atoms with Gasteiger partial charge in [0.2, 0.25) is 0 Å². The monoisotopic (exact) mass is 190 g/mol. The Hall–Kier alpha value is -0.960. The topological polar surface area (TPSA) is 0 Å². The van der Waals surface area contributed by atoms with Gasteiger partial charge in [-0.05, 0) is 38.7 Å². The third-order valence-corrected chi connectivity index (χ3v) is 2.34. The predicted molar refractivity (Wildman–Crippen MR) is 65.0 cm³/mol. The second-order valence-corrected chi connectivity index (χ2v) is 3.86. The highest BCUT2D eigenvalue weighted by molar-refractivity contribution is 5.20. The summed E-state index contributed by atoms with van der Waals surface area (Å²) in [7, 11) is 0. The zero-order valence-corrected chi connectivity index (χ0v) is 9.98. The second kappa shape index (κ2) is 7.44. The van der Waals surface area contributed by atoms with Crippen LogP contribution < -0.4 is 0 Å². The van der Waals surface area contributed by atoms with E-state index in [1.165, 1.54) is 11.1 Å². The fourth-order valence-electron chi connectivity index (χ4n) is 1.24. The molecule has 78 valence electrons. The van der Waals surface area contributed by atoms with E-state index in [1.54, 1.807) is 0 Å². The summed E-state index contributed by atoms with van der Waals surface area (Å²) >= 11 is 0. The molecular formula is C14H22. The Morgan fingerprint density at radius 3 is 2.43 bits per heavy atom. The number of allylic oxidation sites excluding steroid dienone is 3. The molecule has 0 radical (unpaired) electrons. The molecular weight excluding hydrogens is 168 g/mol. The van der Waals surface area contributed by atoms with Crippen LogP contribution in [0.15, 0.2) is 23.8 Å². The fraction of sp³-hybridized carbons (Fsp3) is 0.571. The van der Waals surface area contributed by atoms with Gasteiger partial charge in [-0.15, -0.1) is 0 Å². The third-order valence-electron chi connectivity index (χ3n) is 2.34. The quantitative estimate of drug-likeness (QED) is 0.457. The highest BCUT2D eigenvalue weighted by Crippen LogP contribution is 2.19. The van der Waals surface area contributed by atoms with Crippen molar-refractivity contribution in [3.05, 3.63) is 23.8 Å². The van der Waals surface area contributed by atoms with Crippen LogP contribution in [0.2, 0.25) is 0 Å². The lowest BCUT2D eigenvalue weighted by Gasteiger charge is -2.12. The standard InChI is InChI=1S/C14H22/c1-6-13(5)14(7-2)11-9-8-10-12(3)4/h10,14H,5-7,11H2,1-4H3. The summed E-state index contributed by atoms with van der Waals surface area (Å²) in [5.41, 5.74) is 2.60. The lowest BCUT2D eigenvalue weighted by molar-refractivity contribution is 0.594. The van der Waals surface area contributed by atoms with Gasteiger partial charge in [0.1, 0.15) is 0 Å². The van der Waals surface area contributed by atoms with E-state index in [4.69, 9.17) is 0 Å². The second-order valence-electron chi connectivity index (χ2n) is 3.86. The van der Waals surface area contributed by atoms with Crippen molar-refractivity contribution >= 4 is 0 Å². The average molecular weight is 190 g/mol. The first kappa shape index (κ1) is 13.0. The Bertz CT molecular complexity index is 253. The van der Waals surface area contributed by atoms with Crippen LogP contribution in [0.25, 0.3) is 0 Å². The first-order valence-electron chi connectivity index (χ1n) is 5.41. The van der Waals surface area contributed by atoms with Crippen molar-refractivity contribution in [2.75, 3.05) is 0 Å². The Morgan fingerprint density at radius 1 is 1.36 bits per heavy atom. The molecule has 0 rings (SSSR count). The SMILES string of the molecule is C=C(CC)C(CC)CC#CC=C(C)C. The number of hydrogen-bond acceptors (Lipinski definition) is 0. The molecule has 0 fully saturated rings. The van der Waals surface area contributed by atoms with Crippen LogP contribution >= 0.6 is 0 Å². The molecule has 0 aromatic heterocycles. The molecule has 0 amide bonds. The summed E-state index contributed by atoms with van der Waals surface area (Å²) in [5, 5.41) is 0. The minimum atomic E-state index is 0.582. The van der Waals surface area contributed by atoms with Gasteiger partial charge in [0, 0.05) is 6.42 Å². The van der Waals surface area contributed by atoms with Gasteiger partial charge in [-0.25, -0.2) is 0 Å².